The third-order valence-corrected chi connectivity index (χ3v) is 2.03. The smallest absolute Gasteiger partial charge is 0.330 e. The molecule has 0 spiro atoms. The van der Waals surface area contributed by atoms with Crippen molar-refractivity contribution < 1.29 is 9.90 Å². The summed E-state index contributed by atoms with van der Waals surface area (Å²) in [6.07, 6.45) is 2.54. The Kier molecular flexibility index (Phi) is 12.2. The molecule has 0 saturated carbocycles. The fourth-order valence-electron chi connectivity index (χ4n) is 1.29. The van der Waals surface area contributed by atoms with E-state index in [9.17, 15) is 4.79 Å². The molecule has 0 bridgehead atoms. The molecule has 0 radical (unpaired) electrons. The van der Waals surface area contributed by atoms with Crippen molar-refractivity contribution in [2.75, 3.05) is 20.6 Å². The quantitative estimate of drug-likeness (QED) is 0.718. The number of hydrogen-bond acceptors (Lipinski definition) is 3. The summed E-state index contributed by atoms with van der Waals surface area (Å²) in [4.78, 5) is 12.3. The van der Waals surface area contributed by atoms with Gasteiger partial charge in [-0.3, -0.25) is 0 Å². The highest BCUT2D eigenvalue weighted by Crippen LogP contribution is 1.95. The van der Waals surface area contributed by atoms with E-state index in [1.807, 2.05) is 19.0 Å². The van der Waals surface area contributed by atoms with Gasteiger partial charge in [-0.05, 0) is 27.4 Å². The number of aliphatic carboxylic acids is 1. The van der Waals surface area contributed by atoms with Crippen LogP contribution in [0, 0.1) is 0 Å². The monoisotopic (exact) mass is 258 g/mol. The molecule has 0 aromatic heterocycles. The normalized spacial score (nSPS) is 11.8. The van der Waals surface area contributed by atoms with Gasteiger partial charge in [0.25, 0.3) is 0 Å². The molecule has 18 heavy (non-hydrogen) atoms. The topological polar surface area (TPSA) is 52.6 Å². The van der Waals surface area contributed by atoms with Crippen LogP contribution in [-0.4, -0.2) is 48.7 Å². The molecule has 0 unspecified atom stereocenters. The highest BCUT2D eigenvalue weighted by Gasteiger charge is 1.97. The zero-order valence-corrected chi connectivity index (χ0v) is 12.9. The van der Waals surface area contributed by atoms with Crippen LogP contribution in [0.5, 0.6) is 0 Å². The average Bonchev–Trinajstić information content (AvgIpc) is 2.15. The van der Waals surface area contributed by atoms with Crippen molar-refractivity contribution in [2.24, 2.45) is 0 Å². The Labute approximate surface area is 112 Å². The molecule has 0 aromatic rings. The second kappa shape index (κ2) is 11.2. The minimum atomic E-state index is -0.830. The largest absolute Gasteiger partial charge is 0.478 e. The maximum atomic E-state index is 10.3. The van der Waals surface area contributed by atoms with E-state index in [2.05, 4.69) is 33.0 Å². The molecule has 4 nitrogen and oxygen atoms in total. The number of nitrogens with zero attached hydrogens (tertiary/aromatic N) is 1. The van der Waals surface area contributed by atoms with Gasteiger partial charge in [0.15, 0.2) is 0 Å². The number of carboxylic acids is 1. The van der Waals surface area contributed by atoms with Gasteiger partial charge in [0.2, 0.25) is 0 Å². The number of carbonyl (C=O) groups is 1. The summed E-state index contributed by atoms with van der Waals surface area (Å²) < 4.78 is 0. The van der Waals surface area contributed by atoms with Crippen LogP contribution in [0.1, 0.15) is 41.0 Å². The Balaban J connectivity index is 0. The molecule has 0 amide bonds. The molecule has 0 aliphatic rings. The maximum Gasteiger partial charge on any atom is 0.330 e. The first-order chi connectivity index (χ1) is 8.16. The van der Waals surface area contributed by atoms with Gasteiger partial charge in [0.05, 0.1) is 0 Å². The van der Waals surface area contributed by atoms with Gasteiger partial charge in [-0.2, -0.15) is 0 Å². The third-order valence-electron chi connectivity index (χ3n) is 2.03. The lowest BCUT2D eigenvalue weighted by molar-refractivity contribution is -0.132. The van der Waals surface area contributed by atoms with Crippen molar-refractivity contribution in [3.05, 3.63) is 11.6 Å². The summed E-state index contributed by atoms with van der Waals surface area (Å²) in [5.74, 6) is -0.830. The third kappa shape index (κ3) is 17.5. The molecule has 0 fully saturated rings. The molecule has 4 heteroatoms. The van der Waals surface area contributed by atoms with Crippen LogP contribution in [0.3, 0.4) is 0 Å². The Hall–Kier alpha value is -0.870. The van der Waals surface area contributed by atoms with E-state index in [1.54, 1.807) is 13.0 Å². The zero-order chi connectivity index (χ0) is 14.7. The SMILES string of the molecule is CC(=CCCN(C)C)C(=O)O.CC(C)NC(C)C. The van der Waals surface area contributed by atoms with Crippen LogP contribution < -0.4 is 5.32 Å². The highest BCUT2D eigenvalue weighted by atomic mass is 16.4. The Bertz CT molecular complexity index is 240. The number of carboxylic acid groups (broad SMARTS) is 1. The molecule has 0 aliphatic carbocycles. The standard InChI is InChI=1S/C8H15NO2.C6H15N/c1-7(8(10)11)5-4-6-9(2)3;1-5(2)7-6(3)4/h5H,4,6H2,1-3H3,(H,10,11);5-7H,1-4H3. The Morgan fingerprint density at radius 3 is 1.89 bits per heavy atom. The van der Waals surface area contributed by atoms with Crippen LogP contribution >= 0.6 is 0 Å². The van der Waals surface area contributed by atoms with E-state index in [0.717, 1.165) is 13.0 Å². The fourth-order valence-corrected chi connectivity index (χ4v) is 1.29. The van der Waals surface area contributed by atoms with Gasteiger partial charge >= 0.3 is 5.97 Å². The van der Waals surface area contributed by atoms with Crippen molar-refractivity contribution in [3.63, 3.8) is 0 Å². The fraction of sp³-hybridized carbons (Fsp3) is 0.786. The lowest BCUT2D eigenvalue weighted by atomic mass is 10.2. The van der Waals surface area contributed by atoms with Crippen molar-refractivity contribution in [2.45, 2.75) is 53.1 Å². The van der Waals surface area contributed by atoms with Gasteiger partial charge in [-0.25, -0.2) is 4.79 Å². The van der Waals surface area contributed by atoms with Gasteiger partial charge in [-0.15, -0.1) is 0 Å². The van der Waals surface area contributed by atoms with Gasteiger partial charge in [-0.1, -0.05) is 33.8 Å². The van der Waals surface area contributed by atoms with E-state index >= 15 is 0 Å². The zero-order valence-electron chi connectivity index (χ0n) is 12.9. The Morgan fingerprint density at radius 1 is 1.22 bits per heavy atom. The second-order valence-corrected chi connectivity index (χ2v) is 5.26. The summed E-state index contributed by atoms with van der Waals surface area (Å²) >= 11 is 0. The second-order valence-electron chi connectivity index (χ2n) is 5.26. The molecule has 0 aliphatic heterocycles. The van der Waals surface area contributed by atoms with E-state index in [-0.39, 0.29) is 0 Å². The first kappa shape index (κ1) is 19.5. The molecule has 0 heterocycles. The lowest BCUT2D eigenvalue weighted by Crippen LogP contribution is -2.29. The minimum Gasteiger partial charge on any atom is -0.478 e. The average molecular weight is 258 g/mol. The van der Waals surface area contributed by atoms with Crippen LogP contribution in [0.25, 0.3) is 0 Å². The summed E-state index contributed by atoms with van der Waals surface area (Å²) in [5.41, 5.74) is 0.423. The van der Waals surface area contributed by atoms with E-state index in [1.165, 1.54) is 0 Å². The molecule has 108 valence electrons. The number of nitrogens with one attached hydrogen (secondary N) is 1. The molecular formula is C14H30N2O2. The van der Waals surface area contributed by atoms with Crippen molar-refractivity contribution >= 4 is 5.97 Å². The molecular weight excluding hydrogens is 228 g/mol. The van der Waals surface area contributed by atoms with E-state index in [0.29, 0.717) is 17.7 Å². The predicted octanol–water partition coefficient (Wildman–Crippen LogP) is 2.36. The van der Waals surface area contributed by atoms with Crippen LogP contribution in [0.2, 0.25) is 0 Å². The lowest BCUT2D eigenvalue weighted by Gasteiger charge is -2.10. The van der Waals surface area contributed by atoms with Gasteiger partial charge in [0, 0.05) is 24.2 Å². The number of hydrogen-bond donors (Lipinski definition) is 2. The Morgan fingerprint density at radius 2 is 1.67 bits per heavy atom. The molecule has 2 N–H and O–H groups in total. The van der Waals surface area contributed by atoms with Gasteiger partial charge in [0.1, 0.15) is 0 Å². The molecule has 0 saturated heterocycles. The molecule has 0 aromatic carbocycles. The summed E-state index contributed by atoms with van der Waals surface area (Å²) in [7, 11) is 3.92. The molecule has 0 rings (SSSR count). The summed E-state index contributed by atoms with van der Waals surface area (Å²) in [6.45, 7) is 11.1. The summed E-state index contributed by atoms with van der Waals surface area (Å²) in [6, 6.07) is 1.25. The van der Waals surface area contributed by atoms with E-state index < -0.39 is 5.97 Å². The van der Waals surface area contributed by atoms with Gasteiger partial charge < -0.3 is 15.3 Å². The van der Waals surface area contributed by atoms with Crippen LogP contribution in [-0.2, 0) is 4.79 Å². The van der Waals surface area contributed by atoms with Crippen LogP contribution in [0.15, 0.2) is 11.6 Å². The molecule has 0 atom stereocenters. The first-order valence-corrected chi connectivity index (χ1v) is 6.47. The van der Waals surface area contributed by atoms with Crippen molar-refractivity contribution in [1.29, 1.82) is 0 Å². The minimum absolute atomic E-state index is 0.423. The summed E-state index contributed by atoms with van der Waals surface area (Å²) in [5, 5.41) is 11.8. The van der Waals surface area contributed by atoms with Crippen molar-refractivity contribution in [1.82, 2.24) is 10.2 Å². The highest BCUT2D eigenvalue weighted by molar-refractivity contribution is 5.85. The van der Waals surface area contributed by atoms with Crippen LogP contribution in [0.4, 0.5) is 0 Å². The maximum absolute atomic E-state index is 10.3. The van der Waals surface area contributed by atoms with Crippen molar-refractivity contribution in [3.8, 4) is 0 Å². The predicted molar refractivity (Wildman–Crippen MR) is 78.0 cm³/mol. The first-order valence-electron chi connectivity index (χ1n) is 6.47. The number of rotatable bonds is 6. The van der Waals surface area contributed by atoms with E-state index in [4.69, 9.17) is 5.11 Å².